The standard InChI is InChI=1S/C14H21N/c1-3-13-9-12(7-6-11(13)2)10-14-5-4-8-15-14/h6-7,9,14-15H,3-5,8,10H2,1-2H3. The second-order valence-corrected chi connectivity index (χ2v) is 4.61. The van der Waals surface area contributed by atoms with Gasteiger partial charge in [-0.1, -0.05) is 25.1 Å². The van der Waals surface area contributed by atoms with Gasteiger partial charge in [0.25, 0.3) is 0 Å². The Bertz CT molecular complexity index is 324. The SMILES string of the molecule is CCc1cc(CC2CCCN2)ccc1C. The van der Waals surface area contributed by atoms with E-state index in [1.165, 1.54) is 42.5 Å². The summed E-state index contributed by atoms with van der Waals surface area (Å²) in [5, 5.41) is 3.56. The van der Waals surface area contributed by atoms with Crippen LogP contribution in [0.4, 0.5) is 0 Å². The minimum Gasteiger partial charge on any atom is -0.314 e. The minimum absolute atomic E-state index is 0.720. The van der Waals surface area contributed by atoms with Crippen molar-refractivity contribution in [2.24, 2.45) is 0 Å². The van der Waals surface area contributed by atoms with E-state index in [4.69, 9.17) is 0 Å². The van der Waals surface area contributed by atoms with E-state index in [1.54, 1.807) is 0 Å². The van der Waals surface area contributed by atoms with E-state index in [-0.39, 0.29) is 0 Å². The summed E-state index contributed by atoms with van der Waals surface area (Å²) in [4.78, 5) is 0. The number of rotatable bonds is 3. The average Bonchev–Trinajstić information content (AvgIpc) is 2.73. The third-order valence-corrected chi connectivity index (χ3v) is 3.44. The Labute approximate surface area is 92.9 Å². The van der Waals surface area contributed by atoms with Gasteiger partial charge in [0.05, 0.1) is 0 Å². The Hall–Kier alpha value is -0.820. The highest BCUT2D eigenvalue weighted by Crippen LogP contribution is 2.16. The molecule has 1 aliphatic rings. The maximum absolute atomic E-state index is 3.56. The summed E-state index contributed by atoms with van der Waals surface area (Å²) in [6.07, 6.45) is 5.04. The molecule has 1 atom stereocenters. The lowest BCUT2D eigenvalue weighted by atomic mass is 9.98. The number of benzene rings is 1. The number of hydrogen-bond acceptors (Lipinski definition) is 1. The zero-order valence-electron chi connectivity index (χ0n) is 9.84. The molecule has 0 bridgehead atoms. The second-order valence-electron chi connectivity index (χ2n) is 4.61. The van der Waals surface area contributed by atoms with Crippen molar-refractivity contribution in [2.45, 2.75) is 45.6 Å². The van der Waals surface area contributed by atoms with Crippen LogP contribution in [0.2, 0.25) is 0 Å². The van der Waals surface area contributed by atoms with E-state index < -0.39 is 0 Å². The molecule has 1 aromatic carbocycles. The van der Waals surface area contributed by atoms with Crippen LogP contribution in [0, 0.1) is 6.92 Å². The second kappa shape index (κ2) is 4.80. The van der Waals surface area contributed by atoms with Gasteiger partial charge in [0.15, 0.2) is 0 Å². The van der Waals surface area contributed by atoms with Crippen LogP contribution in [-0.2, 0) is 12.8 Å². The van der Waals surface area contributed by atoms with Crippen LogP contribution < -0.4 is 5.32 Å². The van der Waals surface area contributed by atoms with Gasteiger partial charge in [-0.05, 0) is 55.8 Å². The van der Waals surface area contributed by atoms with Gasteiger partial charge in [-0.25, -0.2) is 0 Å². The Morgan fingerprint density at radius 2 is 2.27 bits per heavy atom. The predicted molar refractivity (Wildman–Crippen MR) is 65.3 cm³/mol. The molecule has 1 unspecified atom stereocenters. The largest absolute Gasteiger partial charge is 0.314 e. The van der Waals surface area contributed by atoms with Gasteiger partial charge in [-0.2, -0.15) is 0 Å². The van der Waals surface area contributed by atoms with Crippen molar-refractivity contribution in [3.8, 4) is 0 Å². The molecule has 1 nitrogen and oxygen atoms in total. The highest BCUT2D eigenvalue weighted by molar-refractivity contribution is 5.31. The maximum atomic E-state index is 3.56. The average molecular weight is 203 g/mol. The van der Waals surface area contributed by atoms with Crippen molar-refractivity contribution < 1.29 is 0 Å². The van der Waals surface area contributed by atoms with E-state index in [1.807, 2.05) is 0 Å². The van der Waals surface area contributed by atoms with Gasteiger partial charge in [0.1, 0.15) is 0 Å². The number of nitrogens with one attached hydrogen (secondary N) is 1. The van der Waals surface area contributed by atoms with Crippen molar-refractivity contribution >= 4 is 0 Å². The highest BCUT2D eigenvalue weighted by atomic mass is 14.9. The van der Waals surface area contributed by atoms with Crippen LogP contribution >= 0.6 is 0 Å². The third-order valence-electron chi connectivity index (χ3n) is 3.44. The molecular weight excluding hydrogens is 182 g/mol. The quantitative estimate of drug-likeness (QED) is 0.796. The van der Waals surface area contributed by atoms with E-state index in [0.717, 1.165) is 12.5 Å². The summed E-state index contributed by atoms with van der Waals surface area (Å²) in [6.45, 7) is 5.65. The molecule has 0 saturated carbocycles. The Morgan fingerprint density at radius 3 is 2.93 bits per heavy atom. The molecule has 0 amide bonds. The molecule has 82 valence electrons. The summed E-state index contributed by atoms with van der Waals surface area (Å²) in [5.74, 6) is 0. The minimum atomic E-state index is 0.720. The molecule has 1 N–H and O–H groups in total. The van der Waals surface area contributed by atoms with Gasteiger partial charge >= 0.3 is 0 Å². The van der Waals surface area contributed by atoms with Crippen molar-refractivity contribution in [1.82, 2.24) is 5.32 Å². The highest BCUT2D eigenvalue weighted by Gasteiger charge is 2.14. The van der Waals surface area contributed by atoms with Crippen molar-refractivity contribution in [3.63, 3.8) is 0 Å². The molecule has 1 heterocycles. The molecule has 1 aromatic rings. The molecular formula is C14H21N. The van der Waals surface area contributed by atoms with Crippen molar-refractivity contribution in [1.29, 1.82) is 0 Å². The normalized spacial score (nSPS) is 20.8. The van der Waals surface area contributed by atoms with E-state index in [9.17, 15) is 0 Å². The maximum Gasteiger partial charge on any atom is 0.0108 e. The fraction of sp³-hybridized carbons (Fsp3) is 0.571. The first-order valence-corrected chi connectivity index (χ1v) is 6.11. The van der Waals surface area contributed by atoms with Crippen LogP contribution in [0.3, 0.4) is 0 Å². The molecule has 0 aliphatic carbocycles. The van der Waals surface area contributed by atoms with Crippen LogP contribution in [0.25, 0.3) is 0 Å². The first-order chi connectivity index (χ1) is 7.29. The monoisotopic (exact) mass is 203 g/mol. The van der Waals surface area contributed by atoms with Crippen LogP contribution in [0.15, 0.2) is 18.2 Å². The predicted octanol–water partition coefficient (Wildman–Crippen LogP) is 2.85. The summed E-state index contributed by atoms with van der Waals surface area (Å²) < 4.78 is 0. The zero-order chi connectivity index (χ0) is 10.7. The molecule has 1 heteroatoms. The smallest absolute Gasteiger partial charge is 0.0108 e. The molecule has 1 saturated heterocycles. The van der Waals surface area contributed by atoms with Gasteiger partial charge < -0.3 is 5.32 Å². The molecule has 0 spiro atoms. The lowest BCUT2D eigenvalue weighted by Gasteiger charge is -2.12. The fourth-order valence-corrected chi connectivity index (χ4v) is 2.45. The molecule has 15 heavy (non-hydrogen) atoms. The zero-order valence-corrected chi connectivity index (χ0v) is 9.84. The van der Waals surface area contributed by atoms with Gasteiger partial charge in [-0.3, -0.25) is 0 Å². The molecule has 0 aromatic heterocycles. The lowest BCUT2D eigenvalue weighted by molar-refractivity contribution is 0.602. The first-order valence-electron chi connectivity index (χ1n) is 6.11. The van der Waals surface area contributed by atoms with E-state index in [0.29, 0.717) is 0 Å². The topological polar surface area (TPSA) is 12.0 Å². The van der Waals surface area contributed by atoms with Crippen molar-refractivity contribution in [2.75, 3.05) is 6.54 Å². The first kappa shape index (κ1) is 10.7. The summed E-state index contributed by atoms with van der Waals surface area (Å²) in [7, 11) is 0. The number of hydrogen-bond donors (Lipinski definition) is 1. The molecule has 1 fully saturated rings. The summed E-state index contributed by atoms with van der Waals surface area (Å²) in [6, 6.07) is 7.66. The fourth-order valence-electron chi connectivity index (χ4n) is 2.45. The van der Waals surface area contributed by atoms with Gasteiger partial charge in [0, 0.05) is 6.04 Å². The Morgan fingerprint density at radius 1 is 1.40 bits per heavy atom. The van der Waals surface area contributed by atoms with Gasteiger partial charge in [0.2, 0.25) is 0 Å². The van der Waals surface area contributed by atoms with Gasteiger partial charge in [-0.15, -0.1) is 0 Å². The summed E-state index contributed by atoms with van der Waals surface area (Å²) in [5.41, 5.74) is 4.43. The molecule has 1 aliphatic heterocycles. The third kappa shape index (κ3) is 2.60. The summed E-state index contributed by atoms with van der Waals surface area (Å²) >= 11 is 0. The van der Waals surface area contributed by atoms with Crippen LogP contribution in [0.5, 0.6) is 0 Å². The van der Waals surface area contributed by atoms with E-state index >= 15 is 0 Å². The molecule has 0 radical (unpaired) electrons. The van der Waals surface area contributed by atoms with Crippen LogP contribution in [0.1, 0.15) is 36.5 Å². The lowest BCUT2D eigenvalue weighted by Crippen LogP contribution is -2.23. The number of aryl methyl sites for hydroxylation is 2. The van der Waals surface area contributed by atoms with E-state index in [2.05, 4.69) is 37.4 Å². The molecule has 2 rings (SSSR count). The van der Waals surface area contributed by atoms with Crippen molar-refractivity contribution in [3.05, 3.63) is 34.9 Å². The Kier molecular flexibility index (Phi) is 3.42. The Balaban J connectivity index is 2.07. The van der Waals surface area contributed by atoms with Crippen LogP contribution in [-0.4, -0.2) is 12.6 Å².